The first-order valence-corrected chi connectivity index (χ1v) is 9.01. The topological polar surface area (TPSA) is 21.3 Å². The molecule has 0 aliphatic heterocycles. The lowest BCUT2D eigenvalue weighted by Crippen LogP contribution is -2.21. The molecule has 3 rings (SSSR count). The van der Waals surface area contributed by atoms with Crippen LogP contribution in [0.1, 0.15) is 30.7 Å². The fourth-order valence-corrected chi connectivity index (χ4v) is 4.22. The van der Waals surface area contributed by atoms with Gasteiger partial charge in [0.1, 0.15) is 5.75 Å². The van der Waals surface area contributed by atoms with Gasteiger partial charge in [0, 0.05) is 15.8 Å². The molecule has 2 aromatic rings. The van der Waals surface area contributed by atoms with Gasteiger partial charge in [0.2, 0.25) is 0 Å². The first kappa shape index (κ1) is 15.1. The first-order chi connectivity index (χ1) is 10.2. The minimum Gasteiger partial charge on any atom is -0.496 e. The molecule has 0 radical (unpaired) electrons. The Morgan fingerprint density at radius 2 is 2.14 bits per heavy atom. The van der Waals surface area contributed by atoms with Gasteiger partial charge in [-0.1, -0.05) is 13.0 Å². The summed E-state index contributed by atoms with van der Waals surface area (Å²) in [4.78, 5) is 2.76. The van der Waals surface area contributed by atoms with E-state index in [1.165, 1.54) is 28.2 Å². The van der Waals surface area contributed by atoms with Crippen LogP contribution in [0.2, 0.25) is 0 Å². The lowest BCUT2D eigenvalue weighted by molar-refractivity contribution is 0.412. The van der Waals surface area contributed by atoms with Crippen molar-refractivity contribution in [1.29, 1.82) is 0 Å². The minimum atomic E-state index is 0.533. The third kappa shape index (κ3) is 3.33. The van der Waals surface area contributed by atoms with Crippen LogP contribution in [0.15, 0.2) is 34.8 Å². The summed E-state index contributed by atoms with van der Waals surface area (Å²) in [6.07, 6.45) is 2.72. The molecule has 0 spiro atoms. The molecule has 1 aromatic carbocycles. The van der Waals surface area contributed by atoms with Crippen molar-refractivity contribution < 1.29 is 4.74 Å². The maximum Gasteiger partial charge on any atom is 0.133 e. The average Bonchev–Trinajstić information content (AvgIpc) is 3.22. The highest BCUT2D eigenvalue weighted by molar-refractivity contribution is 9.10. The molecule has 1 atom stereocenters. The van der Waals surface area contributed by atoms with Gasteiger partial charge in [0.15, 0.2) is 0 Å². The van der Waals surface area contributed by atoms with Crippen molar-refractivity contribution in [2.75, 3.05) is 13.7 Å². The smallest absolute Gasteiger partial charge is 0.133 e. The molecule has 0 bridgehead atoms. The van der Waals surface area contributed by atoms with E-state index in [9.17, 15) is 0 Å². The Morgan fingerprint density at radius 1 is 1.33 bits per heavy atom. The van der Waals surface area contributed by atoms with E-state index in [0.717, 1.165) is 22.7 Å². The molecule has 112 valence electrons. The first-order valence-electron chi connectivity index (χ1n) is 7.40. The summed E-state index contributed by atoms with van der Waals surface area (Å²) in [6, 6.07) is 11.3. The number of thiophene rings is 1. The zero-order valence-electron chi connectivity index (χ0n) is 12.4. The van der Waals surface area contributed by atoms with E-state index in [1.807, 2.05) is 11.3 Å². The van der Waals surface area contributed by atoms with Gasteiger partial charge in [0.25, 0.3) is 0 Å². The standard InChI is InChI=1S/C17H20BrNOS/c1-3-19-17(11-4-5-11)16-9-8-15(21-16)12-6-7-13(18)14(10-12)20-2/h6-11,17,19H,3-5H2,1-2H3. The van der Waals surface area contributed by atoms with Gasteiger partial charge in [-0.25, -0.2) is 0 Å². The normalized spacial score (nSPS) is 16.0. The van der Waals surface area contributed by atoms with Crippen molar-refractivity contribution in [3.63, 3.8) is 0 Å². The number of rotatable bonds is 6. The maximum atomic E-state index is 5.39. The molecule has 1 unspecified atom stereocenters. The zero-order chi connectivity index (χ0) is 14.8. The summed E-state index contributed by atoms with van der Waals surface area (Å²) in [5.74, 6) is 1.71. The molecule has 1 aliphatic carbocycles. The summed E-state index contributed by atoms with van der Waals surface area (Å²) >= 11 is 5.40. The van der Waals surface area contributed by atoms with E-state index in [-0.39, 0.29) is 0 Å². The summed E-state index contributed by atoms with van der Waals surface area (Å²) < 4.78 is 6.39. The quantitative estimate of drug-likeness (QED) is 0.754. The number of hydrogen-bond acceptors (Lipinski definition) is 3. The molecule has 1 aliphatic rings. The van der Waals surface area contributed by atoms with Crippen molar-refractivity contribution in [3.05, 3.63) is 39.7 Å². The molecule has 1 heterocycles. The molecule has 0 saturated heterocycles. The summed E-state index contributed by atoms with van der Waals surface area (Å²) in [5.41, 5.74) is 1.22. The summed E-state index contributed by atoms with van der Waals surface area (Å²) in [5, 5.41) is 3.64. The lowest BCUT2D eigenvalue weighted by Gasteiger charge is -2.15. The Kier molecular flexibility index (Phi) is 4.67. The monoisotopic (exact) mass is 365 g/mol. The molecule has 21 heavy (non-hydrogen) atoms. The van der Waals surface area contributed by atoms with E-state index in [0.29, 0.717) is 6.04 Å². The van der Waals surface area contributed by atoms with Gasteiger partial charge in [-0.3, -0.25) is 0 Å². The Bertz CT molecular complexity index is 621. The van der Waals surface area contributed by atoms with Gasteiger partial charge in [0.05, 0.1) is 11.6 Å². The van der Waals surface area contributed by atoms with Crippen LogP contribution in [-0.4, -0.2) is 13.7 Å². The number of halogens is 1. The third-order valence-corrected chi connectivity index (χ3v) is 5.76. The van der Waals surface area contributed by atoms with Crippen LogP contribution in [0.4, 0.5) is 0 Å². The van der Waals surface area contributed by atoms with E-state index < -0.39 is 0 Å². The van der Waals surface area contributed by atoms with Gasteiger partial charge >= 0.3 is 0 Å². The molecule has 4 heteroatoms. The van der Waals surface area contributed by atoms with Gasteiger partial charge in [-0.15, -0.1) is 11.3 Å². The molecule has 2 nitrogen and oxygen atoms in total. The van der Waals surface area contributed by atoms with E-state index in [1.54, 1.807) is 7.11 Å². The third-order valence-electron chi connectivity index (χ3n) is 3.89. The number of ether oxygens (including phenoxy) is 1. The van der Waals surface area contributed by atoms with Crippen molar-refractivity contribution in [3.8, 4) is 16.2 Å². The van der Waals surface area contributed by atoms with Crippen LogP contribution >= 0.6 is 27.3 Å². The largest absolute Gasteiger partial charge is 0.496 e. The lowest BCUT2D eigenvalue weighted by atomic mass is 10.1. The Balaban J connectivity index is 1.87. The molecule has 1 saturated carbocycles. The van der Waals surface area contributed by atoms with Crippen LogP contribution in [-0.2, 0) is 0 Å². The maximum absolute atomic E-state index is 5.39. The number of hydrogen-bond donors (Lipinski definition) is 1. The van der Waals surface area contributed by atoms with Crippen LogP contribution in [0.25, 0.3) is 10.4 Å². The van der Waals surface area contributed by atoms with E-state index in [2.05, 4.69) is 58.5 Å². The van der Waals surface area contributed by atoms with Gasteiger partial charge in [-0.2, -0.15) is 0 Å². The predicted molar refractivity (Wildman–Crippen MR) is 93.1 cm³/mol. The zero-order valence-corrected chi connectivity index (χ0v) is 14.8. The fraction of sp³-hybridized carbons (Fsp3) is 0.412. The molecular formula is C17H20BrNOS. The number of benzene rings is 1. The second-order valence-corrected chi connectivity index (χ2v) is 7.39. The SMILES string of the molecule is CCNC(c1ccc(-c2ccc(Br)c(OC)c2)s1)C1CC1. The molecule has 0 amide bonds. The Hall–Kier alpha value is -0.840. The number of methoxy groups -OCH3 is 1. The average molecular weight is 366 g/mol. The van der Waals surface area contributed by atoms with Crippen molar-refractivity contribution in [1.82, 2.24) is 5.32 Å². The van der Waals surface area contributed by atoms with Crippen LogP contribution in [0.5, 0.6) is 5.75 Å². The van der Waals surface area contributed by atoms with Crippen molar-refractivity contribution in [2.24, 2.45) is 5.92 Å². The van der Waals surface area contributed by atoms with Gasteiger partial charge < -0.3 is 10.1 Å². The van der Waals surface area contributed by atoms with Crippen molar-refractivity contribution in [2.45, 2.75) is 25.8 Å². The molecule has 1 aromatic heterocycles. The highest BCUT2D eigenvalue weighted by Crippen LogP contribution is 2.44. The fourth-order valence-electron chi connectivity index (χ4n) is 2.64. The van der Waals surface area contributed by atoms with Crippen LogP contribution < -0.4 is 10.1 Å². The van der Waals surface area contributed by atoms with Gasteiger partial charge in [-0.05, 0) is 71.1 Å². The molecule has 1 fully saturated rings. The molecule has 1 N–H and O–H groups in total. The van der Waals surface area contributed by atoms with E-state index >= 15 is 0 Å². The van der Waals surface area contributed by atoms with Crippen LogP contribution in [0, 0.1) is 5.92 Å². The van der Waals surface area contributed by atoms with E-state index in [4.69, 9.17) is 4.74 Å². The second kappa shape index (κ2) is 6.51. The highest BCUT2D eigenvalue weighted by Gasteiger charge is 2.32. The second-order valence-electron chi connectivity index (χ2n) is 5.42. The Labute approximate surface area is 138 Å². The number of nitrogens with one attached hydrogen (secondary N) is 1. The predicted octanol–water partition coefficient (Wildman–Crippen LogP) is 5.25. The van der Waals surface area contributed by atoms with Crippen molar-refractivity contribution >= 4 is 27.3 Å². The highest BCUT2D eigenvalue weighted by atomic mass is 79.9. The van der Waals surface area contributed by atoms with Crippen LogP contribution in [0.3, 0.4) is 0 Å². The minimum absolute atomic E-state index is 0.533. The summed E-state index contributed by atoms with van der Waals surface area (Å²) in [6.45, 7) is 3.21. The summed E-state index contributed by atoms with van der Waals surface area (Å²) in [7, 11) is 1.71. The Morgan fingerprint density at radius 3 is 2.81 bits per heavy atom. The molecular weight excluding hydrogens is 346 g/mol.